The van der Waals surface area contributed by atoms with Gasteiger partial charge in [-0.05, 0) is 37.1 Å². The van der Waals surface area contributed by atoms with Crippen molar-refractivity contribution in [2.45, 2.75) is 18.6 Å². The highest BCUT2D eigenvalue weighted by Gasteiger charge is 2.42. The highest BCUT2D eigenvalue weighted by molar-refractivity contribution is 5.49. The van der Waals surface area contributed by atoms with Gasteiger partial charge in [0.15, 0.2) is 0 Å². The van der Waals surface area contributed by atoms with Crippen LogP contribution in [0, 0.1) is 0 Å². The van der Waals surface area contributed by atoms with Gasteiger partial charge in [-0.2, -0.15) is 0 Å². The maximum Gasteiger partial charge on any atom is 0.229 e. The van der Waals surface area contributed by atoms with Crippen LogP contribution in [0.15, 0.2) is 42.5 Å². The van der Waals surface area contributed by atoms with Crippen LogP contribution in [0.3, 0.4) is 0 Å². The standard InChI is InChI=1S/C17H18O5/c18-12-7-8-14(16(20)11-12)17(21-9-3-4-10-22-17)13-5-1-2-6-15(13)19/h1-2,5-8,11,18-20H,3-4,9-10H2. The molecule has 5 heteroatoms. The summed E-state index contributed by atoms with van der Waals surface area (Å²) in [4.78, 5) is 0. The SMILES string of the molecule is Oc1ccc(C2(c3ccccc3O)OCCCCO2)c(O)c1. The molecule has 1 heterocycles. The van der Waals surface area contributed by atoms with Crippen LogP contribution in [0.5, 0.6) is 17.2 Å². The highest BCUT2D eigenvalue weighted by Crippen LogP contribution is 2.45. The fourth-order valence-corrected chi connectivity index (χ4v) is 2.68. The molecule has 0 aliphatic carbocycles. The summed E-state index contributed by atoms with van der Waals surface area (Å²) < 4.78 is 11.9. The first kappa shape index (κ1) is 14.7. The summed E-state index contributed by atoms with van der Waals surface area (Å²) in [5, 5.41) is 30.0. The van der Waals surface area contributed by atoms with Gasteiger partial charge in [-0.1, -0.05) is 12.1 Å². The van der Waals surface area contributed by atoms with E-state index in [1.165, 1.54) is 12.1 Å². The van der Waals surface area contributed by atoms with Crippen LogP contribution in [0.2, 0.25) is 0 Å². The topological polar surface area (TPSA) is 79.2 Å². The van der Waals surface area contributed by atoms with E-state index in [9.17, 15) is 15.3 Å². The lowest BCUT2D eigenvalue weighted by atomic mass is 9.95. The largest absolute Gasteiger partial charge is 0.508 e. The van der Waals surface area contributed by atoms with Gasteiger partial charge in [0.25, 0.3) is 0 Å². The zero-order chi connectivity index (χ0) is 15.6. The van der Waals surface area contributed by atoms with Gasteiger partial charge in [0.05, 0.1) is 24.3 Å². The number of benzene rings is 2. The van der Waals surface area contributed by atoms with E-state index in [0.717, 1.165) is 12.8 Å². The first-order valence-electron chi connectivity index (χ1n) is 7.22. The van der Waals surface area contributed by atoms with Crippen LogP contribution < -0.4 is 0 Å². The monoisotopic (exact) mass is 302 g/mol. The summed E-state index contributed by atoms with van der Waals surface area (Å²) in [7, 11) is 0. The molecule has 1 fully saturated rings. The Morgan fingerprint density at radius 2 is 1.41 bits per heavy atom. The molecule has 22 heavy (non-hydrogen) atoms. The van der Waals surface area contributed by atoms with Gasteiger partial charge in [0, 0.05) is 6.07 Å². The Labute approximate surface area is 128 Å². The van der Waals surface area contributed by atoms with Gasteiger partial charge in [-0.15, -0.1) is 0 Å². The minimum absolute atomic E-state index is 0.0249. The quantitative estimate of drug-likeness (QED) is 0.795. The van der Waals surface area contributed by atoms with Crippen molar-refractivity contribution in [2.24, 2.45) is 0 Å². The van der Waals surface area contributed by atoms with Crippen LogP contribution in [0.1, 0.15) is 24.0 Å². The minimum Gasteiger partial charge on any atom is -0.508 e. The Hall–Kier alpha value is -2.24. The molecule has 0 unspecified atom stereocenters. The first-order valence-corrected chi connectivity index (χ1v) is 7.22. The Kier molecular flexibility index (Phi) is 3.92. The fraction of sp³-hybridized carbons (Fsp3) is 0.294. The van der Waals surface area contributed by atoms with E-state index in [-0.39, 0.29) is 17.2 Å². The lowest BCUT2D eigenvalue weighted by Gasteiger charge is -2.34. The van der Waals surface area contributed by atoms with Crippen molar-refractivity contribution in [2.75, 3.05) is 13.2 Å². The van der Waals surface area contributed by atoms with E-state index in [1.54, 1.807) is 30.3 Å². The summed E-state index contributed by atoms with van der Waals surface area (Å²) in [6.07, 6.45) is 1.66. The molecule has 0 aromatic heterocycles. The molecule has 0 saturated carbocycles. The van der Waals surface area contributed by atoms with E-state index >= 15 is 0 Å². The highest BCUT2D eigenvalue weighted by atomic mass is 16.7. The molecule has 2 aromatic rings. The van der Waals surface area contributed by atoms with Gasteiger partial charge in [-0.25, -0.2) is 0 Å². The maximum absolute atomic E-state index is 10.3. The van der Waals surface area contributed by atoms with E-state index < -0.39 is 5.79 Å². The number of hydrogen-bond acceptors (Lipinski definition) is 5. The summed E-state index contributed by atoms with van der Waals surface area (Å²) in [6, 6.07) is 11.0. The van der Waals surface area contributed by atoms with Crippen molar-refractivity contribution < 1.29 is 24.8 Å². The van der Waals surface area contributed by atoms with E-state index in [4.69, 9.17) is 9.47 Å². The van der Waals surface area contributed by atoms with Crippen LogP contribution in [0.25, 0.3) is 0 Å². The van der Waals surface area contributed by atoms with Crippen molar-refractivity contribution in [3.63, 3.8) is 0 Å². The van der Waals surface area contributed by atoms with E-state index in [2.05, 4.69) is 0 Å². The molecule has 1 saturated heterocycles. The number of phenolic OH excluding ortho intramolecular Hbond substituents is 3. The van der Waals surface area contributed by atoms with Crippen molar-refractivity contribution >= 4 is 0 Å². The van der Waals surface area contributed by atoms with Crippen LogP contribution in [-0.2, 0) is 15.3 Å². The van der Waals surface area contributed by atoms with E-state index in [1.807, 2.05) is 0 Å². The summed E-state index contributed by atoms with van der Waals surface area (Å²) in [5.41, 5.74) is 0.784. The summed E-state index contributed by atoms with van der Waals surface area (Å²) >= 11 is 0. The molecular weight excluding hydrogens is 284 g/mol. The molecule has 1 aliphatic heterocycles. The Balaban J connectivity index is 2.20. The molecule has 0 atom stereocenters. The third-order valence-corrected chi connectivity index (χ3v) is 3.74. The molecule has 116 valence electrons. The molecule has 3 N–H and O–H groups in total. The first-order chi connectivity index (χ1) is 10.6. The van der Waals surface area contributed by atoms with E-state index in [0.29, 0.717) is 24.3 Å². The number of hydrogen-bond donors (Lipinski definition) is 3. The van der Waals surface area contributed by atoms with Crippen LogP contribution in [-0.4, -0.2) is 28.5 Å². The van der Waals surface area contributed by atoms with Gasteiger partial charge < -0.3 is 24.8 Å². The predicted molar refractivity (Wildman–Crippen MR) is 79.8 cm³/mol. The van der Waals surface area contributed by atoms with Crippen molar-refractivity contribution in [1.82, 2.24) is 0 Å². The third-order valence-electron chi connectivity index (χ3n) is 3.74. The average molecular weight is 302 g/mol. The second-order valence-corrected chi connectivity index (χ2v) is 5.24. The summed E-state index contributed by atoms with van der Waals surface area (Å²) in [6.45, 7) is 0.878. The van der Waals surface area contributed by atoms with Gasteiger partial charge in [0.2, 0.25) is 5.79 Å². The Morgan fingerprint density at radius 3 is 2.05 bits per heavy atom. The van der Waals surface area contributed by atoms with Crippen molar-refractivity contribution in [3.8, 4) is 17.2 Å². The second kappa shape index (κ2) is 5.87. The molecule has 2 aromatic carbocycles. The molecule has 0 radical (unpaired) electrons. The lowest BCUT2D eigenvalue weighted by Crippen LogP contribution is -2.34. The molecular formula is C17H18O5. The Morgan fingerprint density at radius 1 is 0.773 bits per heavy atom. The smallest absolute Gasteiger partial charge is 0.229 e. The minimum atomic E-state index is -1.39. The zero-order valence-electron chi connectivity index (χ0n) is 12.0. The molecule has 0 amide bonds. The number of aromatic hydroxyl groups is 3. The van der Waals surface area contributed by atoms with Crippen LogP contribution >= 0.6 is 0 Å². The Bertz CT molecular complexity index is 660. The third kappa shape index (κ3) is 2.49. The molecule has 1 aliphatic rings. The molecule has 5 nitrogen and oxygen atoms in total. The number of para-hydroxylation sites is 1. The number of ether oxygens (including phenoxy) is 2. The van der Waals surface area contributed by atoms with Crippen molar-refractivity contribution in [1.29, 1.82) is 0 Å². The lowest BCUT2D eigenvalue weighted by molar-refractivity contribution is -0.205. The fourth-order valence-electron chi connectivity index (χ4n) is 2.68. The zero-order valence-corrected chi connectivity index (χ0v) is 12.0. The van der Waals surface area contributed by atoms with Crippen LogP contribution in [0.4, 0.5) is 0 Å². The predicted octanol–water partition coefficient (Wildman–Crippen LogP) is 2.83. The molecule has 3 rings (SSSR count). The maximum atomic E-state index is 10.3. The second-order valence-electron chi connectivity index (χ2n) is 5.24. The molecule has 0 spiro atoms. The number of rotatable bonds is 2. The van der Waals surface area contributed by atoms with Crippen molar-refractivity contribution in [3.05, 3.63) is 53.6 Å². The average Bonchev–Trinajstić information content (AvgIpc) is 2.74. The van der Waals surface area contributed by atoms with Gasteiger partial charge in [-0.3, -0.25) is 0 Å². The normalized spacial score (nSPS) is 17.8. The number of phenols is 3. The van der Waals surface area contributed by atoms with Gasteiger partial charge >= 0.3 is 0 Å². The summed E-state index contributed by atoms with van der Waals surface area (Å²) in [5.74, 6) is -1.57. The molecule has 0 bridgehead atoms. The van der Waals surface area contributed by atoms with Gasteiger partial charge in [0.1, 0.15) is 17.2 Å².